The lowest BCUT2D eigenvalue weighted by atomic mass is 10.2. The number of amides is 3. The molecule has 2 rings (SSSR count). The number of hydrogen-bond donors (Lipinski definition) is 3. The molecular formula is C16H15F3N4O3. The maximum absolute atomic E-state index is 12.7. The predicted molar refractivity (Wildman–Crippen MR) is 88.9 cm³/mol. The Labute approximate surface area is 145 Å². The van der Waals surface area contributed by atoms with Crippen molar-refractivity contribution in [1.82, 2.24) is 9.88 Å². The van der Waals surface area contributed by atoms with Crippen molar-refractivity contribution >= 4 is 23.3 Å². The van der Waals surface area contributed by atoms with E-state index in [1.165, 1.54) is 19.2 Å². The number of hydrogen-bond acceptors (Lipinski definition) is 3. The molecule has 0 saturated heterocycles. The molecule has 7 nitrogen and oxygen atoms in total. The Balaban J connectivity index is 2.11. The molecule has 0 bridgehead atoms. The van der Waals surface area contributed by atoms with Crippen molar-refractivity contribution in [3.05, 3.63) is 58.5 Å². The zero-order valence-electron chi connectivity index (χ0n) is 13.6. The molecule has 3 amide bonds. The van der Waals surface area contributed by atoms with E-state index in [-0.39, 0.29) is 0 Å². The number of aromatic nitrogens is 1. The summed E-state index contributed by atoms with van der Waals surface area (Å²) in [5, 5.41) is 7.33. The van der Waals surface area contributed by atoms with E-state index in [0.29, 0.717) is 28.2 Å². The topological polar surface area (TPSA) is 92.2 Å². The molecule has 1 aromatic heterocycles. The van der Waals surface area contributed by atoms with E-state index in [1.54, 1.807) is 12.1 Å². The summed E-state index contributed by atoms with van der Waals surface area (Å²) >= 11 is 0. The quantitative estimate of drug-likeness (QED) is 0.773. The molecule has 0 aliphatic carbocycles. The van der Waals surface area contributed by atoms with E-state index in [9.17, 15) is 27.6 Å². The van der Waals surface area contributed by atoms with Crippen LogP contribution in [-0.4, -0.2) is 23.6 Å². The number of alkyl halides is 3. The number of halogens is 3. The third-order valence-electron chi connectivity index (χ3n) is 3.26. The van der Waals surface area contributed by atoms with Crippen molar-refractivity contribution in [3.8, 4) is 0 Å². The first kappa shape index (κ1) is 19.0. The van der Waals surface area contributed by atoms with Gasteiger partial charge in [0.2, 0.25) is 5.91 Å². The van der Waals surface area contributed by atoms with Crippen molar-refractivity contribution < 1.29 is 22.8 Å². The maximum atomic E-state index is 12.7. The van der Waals surface area contributed by atoms with Crippen molar-refractivity contribution in [1.29, 1.82) is 0 Å². The van der Waals surface area contributed by atoms with Crippen molar-refractivity contribution in [2.24, 2.45) is 0 Å². The highest BCUT2D eigenvalue weighted by Gasteiger charge is 2.31. The second-order valence-electron chi connectivity index (χ2n) is 5.21. The summed E-state index contributed by atoms with van der Waals surface area (Å²) in [6, 6.07) is 7.10. The predicted octanol–water partition coefficient (Wildman–Crippen LogP) is 2.26. The minimum atomic E-state index is -4.62. The van der Waals surface area contributed by atoms with Gasteiger partial charge >= 0.3 is 12.2 Å². The molecule has 0 aliphatic rings. The highest BCUT2D eigenvalue weighted by molar-refractivity contribution is 5.93. The van der Waals surface area contributed by atoms with Gasteiger partial charge in [0.15, 0.2) is 0 Å². The lowest BCUT2D eigenvalue weighted by Gasteiger charge is -2.11. The van der Waals surface area contributed by atoms with Crippen LogP contribution in [-0.2, 0) is 17.5 Å². The second kappa shape index (κ2) is 7.72. The first-order valence-electron chi connectivity index (χ1n) is 7.35. The molecule has 138 valence electrons. The molecule has 1 heterocycles. The fourth-order valence-corrected chi connectivity index (χ4v) is 2.05. The molecule has 10 heteroatoms. The molecule has 26 heavy (non-hydrogen) atoms. The van der Waals surface area contributed by atoms with Crippen LogP contribution >= 0.6 is 0 Å². The Morgan fingerprint density at radius 2 is 1.73 bits per heavy atom. The molecule has 1 aromatic carbocycles. The summed E-state index contributed by atoms with van der Waals surface area (Å²) in [6.45, 7) is -0.587. The number of carbonyl (C=O) groups is 2. The lowest BCUT2D eigenvalue weighted by molar-refractivity contribution is -0.138. The van der Waals surface area contributed by atoms with Gasteiger partial charge in [-0.3, -0.25) is 9.59 Å². The number of pyridine rings is 1. The summed E-state index contributed by atoms with van der Waals surface area (Å²) in [5.41, 5.74) is -1.05. The third kappa shape index (κ3) is 5.10. The Morgan fingerprint density at radius 1 is 1.08 bits per heavy atom. The highest BCUT2D eigenvalue weighted by Crippen LogP contribution is 2.28. The number of urea groups is 1. The molecule has 0 atom stereocenters. The van der Waals surface area contributed by atoms with Crippen LogP contribution < -0.4 is 21.5 Å². The third-order valence-corrected chi connectivity index (χ3v) is 3.26. The van der Waals surface area contributed by atoms with E-state index in [0.717, 1.165) is 6.07 Å². The van der Waals surface area contributed by atoms with Crippen LogP contribution in [0.15, 0.2) is 47.4 Å². The molecule has 2 aromatic rings. The van der Waals surface area contributed by atoms with E-state index in [2.05, 4.69) is 16.0 Å². The van der Waals surface area contributed by atoms with Gasteiger partial charge in [-0.25, -0.2) is 4.79 Å². The summed E-state index contributed by atoms with van der Waals surface area (Å²) in [5.74, 6) is -0.691. The SMILES string of the molecule is CNC(=O)Nc1cccc(NC(=O)Cn2cc(C(F)(F)F)ccc2=O)c1. The smallest absolute Gasteiger partial charge is 0.341 e. The summed E-state index contributed by atoms with van der Waals surface area (Å²) in [7, 11) is 1.44. The highest BCUT2D eigenvalue weighted by atomic mass is 19.4. The summed E-state index contributed by atoms with van der Waals surface area (Å²) in [6.07, 6.45) is -4.03. The average Bonchev–Trinajstić information content (AvgIpc) is 2.56. The van der Waals surface area contributed by atoms with Crippen LogP contribution in [0.2, 0.25) is 0 Å². The van der Waals surface area contributed by atoms with Crippen LogP contribution in [0.25, 0.3) is 0 Å². The number of nitrogens with zero attached hydrogens (tertiary/aromatic N) is 1. The van der Waals surface area contributed by atoms with Gasteiger partial charge in [0, 0.05) is 30.7 Å². The Bertz CT molecular complexity index is 878. The minimum Gasteiger partial charge on any atom is -0.341 e. The Kier molecular flexibility index (Phi) is 5.65. The van der Waals surface area contributed by atoms with E-state index < -0.39 is 35.8 Å². The second-order valence-corrected chi connectivity index (χ2v) is 5.21. The Morgan fingerprint density at radius 3 is 2.35 bits per heavy atom. The molecule has 0 saturated carbocycles. The van der Waals surface area contributed by atoms with Crippen molar-refractivity contribution in [3.63, 3.8) is 0 Å². The molecular weight excluding hydrogens is 353 g/mol. The van der Waals surface area contributed by atoms with Gasteiger partial charge < -0.3 is 20.5 Å². The van der Waals surface area contributed by atoms with Gasteiger partial charge in [-0.2, -0.15) is 13.2 Å². The minimum absolute atomic E-state index is 0.309. The first-order valence-corrected chi connectivity index (χ1v) is 7.35. The number of rotatable bonds is 4. The van der Waals surface area contributed by atoms with Gasteiger partial charge in [-0.05, 0) is 24.3 Å². The zero-order valence-corrected chi connectivity index (χ0v) is 13.6. The first-order chi connectivity index (χ1) is 12.2. The van der Waals surface area contributed by atoms with Crippen LogP contribution in [0.3, 0.4) is 0 Å². The Hall–Kier alpha value is -3.30. The molecule has 0 unspecified atom stereocenters. The largest absolute Gasteiger partial charge is 0.417 e. The van der Waals surface area contributed by atoms with Crippen LogP contribution in [0, 0.1) is 0 Å². The molecule has 0 fully saturated rings. The summed E-state index contributed by atoms with van der Waals surface area (Å²) < 4.78 is 38.8. The fraction of sp³-hybridized carbons (Fsp3) is 0.188. The van der Waals surface area contributed by atoms with Crippen LogP contribution in [0.4, 0.5) is 29.3 Å². The van der Waals surface area contributed by atoms with Gasteiger partial charge in [-0.1, -0.05) is 6.07 Å². The van der Waals surface area contributed by atoms with Gasteiger partial charge in [0.05, 0.1) is 5.56 Å². The number of nitrogens with one attached hydrogen (secondary N) is 3. The summed E-state index contributed by atoms with van der Waals surface area (Å²) in [4.78, 5) is 35.0. The normalized spacial score (nSPS) is 10.9. The fourth-order valence-electron chi connectivity index (χ4n) is 2.05. The van der Waals surface area contributed by atoms with E-state index in [1.807, 2.05) is 0 Å². The van der Waals surface area contributed by atoms with Crippen molar-refractivity contribution in [2.75, 3.05) is 17.7 Å². The standard InChI is InChI=1S/C16H15F3N4O3/c1-20-15(26)22-12-4-2-3-11(7-12)21-13(24)9-23-8-10(16(17,18)19)5-6-14(23)25/h2-8H,9H2,1H3,(H,21,24)(H2,20,22,26). The van der Waals surface area contributed by atoms with E-state index in [4.69, 9.17) is 0 Å². The van der Waals surface area contributed by atoms with Crippen molar-refractivity contribution in [2.45, 2.75) is 12.7 Å². The average molecular weight is 368 g/mol. The van der Waals surface area contributed by atoms with Crippen LogP contribution in [0.1, 0.15) is 5.56 Å². The molecule has 0 aliphatic heterocycles. The van der Waals surface area contributed by atoms with Crippen LogP contribution in [0.5, 0.6) is 0 Å². The maximum Gasteiger partial charge on any atom is 0.417 e. The van der Waals surface area contributed by atoms with Gasteiger partial charge in [-0.15, -0.1) is 0 Å². The zero-order chi connectivity index (χ0) is 19.3. The monoisotopic (exact) mass is 368 g/mol. The van der Waals surface area contributed by atoms with E-state index >= 15 is 0 Å². The molecule has 3 N–H and O–H groups in total. The molecule has 0 spiro atoms. The number of carbonyl (C=O) groups excluding carboxylic acids is 2. The lowest BCUT2D eigenvalue weighted by Crippen LogP contribution is -2.28. The van der Waals surface area contributed by atoms with Gasteiger partial charge in [0.1, 0.15) is 6.54 Å². The van der Waals surface area contributed by atoms with Gasteiger partial charge in [0.25, 0.3) is 5.56 Å². The number of anilines is 2. The molecule has 0 radical (unpaired) electrons. The number of benzene rings is 1.